The molecule has 0 bridgehead atoms. The summed E-state index contributed by atoms with van der Waals surface area (Å²) in [6.07, 6.45) is 9.78. The molecule has 12 heteroatoms. The van der Waals surface area contributed by atoms with Crippen molar-refractivity contribution in [1.29, 1.82) is 0 Å². The van der Waals surface area contributed by atoms with Crippen molar-refractivity contribution < 1.29 is 39.6 Å². The average Bonchev–Trinajstić information content (AvgIpc) is 2.77. The number of pyridine rings is 2. The van der Waals surface area contributed by atoms with Gasteiger partial charge in [-0.25, -0.2) is 19.2 Å². The molecule has 2 rings (SSSR count). The molecule has 0 aromatic carbocycles. The van der Waals surface area contributed by atoms with Crippen molar-refractivity contribution in [3.05, 3.63) is 60.2 Å². The normalized spacial score (nSPS) is 9.38. The number of hydrogen-bond acceptors (Lipinski definition) is 8. The molecule has 2 aromatic rings. The first-order valence-electron chi connectivity index (χ1n) is 9.09. The summed E-state index contributed by atoms with van der Waals surface area (Å²) in [4.78, 5) is 44.5. The van der Waals surface area contributed by atoms with Gasteiger partial charge in [-0.05, 0) is 59.7 Å². The van der Waals surface area contributed by atoms with E-state index in [0.717, 1.165) is 12.8 Å². The Morgan fingerprint density at radius 2 is 0.844 bits per heavy atom. The first kappa shape index (κ1) is 28.9. The Hall–Kier alpha value is -3.12. The fourth-order valence-electron chi connectivity index (χ4n) is 1.80. The second kappa shape index (κ2) is 18.6. The fraction of sp³-hybridized carbons (Fsp3) is 0.300. The maximum Gasteiger partial charge on any atom is 0.414 e. The van der Waals surface area contributed by atoms with Gasteiger partial charge in [0.05, 0.1) is 0 Å². The van der Waals surface area contributed by atoms with E-state index in [0.29, 0.717) is 0 Å². The molecular formula is C20H24N2O8S2. The summed E-state index contributed by atoms with van der Waals surface area (Å²) in [6, 6.07) is 8.40. The Morgan fingerprint density at radius 1 is 0.562 bits per heavy atom. The van der Waals surface area contributed by atoms with Crippen LogP contribution >= 0.6 is 23.5 Å². The zero-order chi connectivity index (χ0) is 24.2. The Morgan fingerprint density at radius 3 is 1.09 bits per heavy atom. The quantitative estimate of drug-likeness (QED) is 0.301. The van der Waals surface area contributed by atoms with Gasteiger partial charge in [0.15, 0.2) is 0 Å². The van der Waals surface area contributed by atoms with Gasteiger partial charge in [0.1, 0.15) is 0 Å². The van der Waals surface area contributed by atoms with E-state index >= 15 is 0 Å². The highest BCUT2D eigenvalue weighted by molar-refractivity contribution is 8.02. The maximum absolute atomic E-state index is 9.10. The van der Waals surface area contributed by atoms with Crippen molar-refractivity contribution >= 4 is 47.4 Å². The number of thioether (sulfide) groups is 2. The Balaban J connectivity index is 0.000000662. The monoisotopic (exact) mass is 484 g/mol. The van der Waals surface area contributed by atoms with E-state index in [-0.39, 0.29) is 0 Å². The van der Waals surface area contributed by atoms with Crippen LogP contribution in [-0.2, 0) is 32.0 Å². The standard InChI is InChI=1S/C16H20N2S2.2C2H2O4/c1-7-17-8-2-15(1)5-11-19-13-14-20-12-6-16-3-9-18-10-4-16;2*3-1(4)2(5)6/h1-4,7-10H,5-6,11-14H2;2*(H,3,4)(H,5,6). The number of aromatic nitrogens is 2. The fourth-order valence-corrected chi connectivity index (χ4v) is 3.91. The lowest BCUT2D eigenvalue weighted by atomic mass is 10.2. The lowest BCUT2D eigenvalue weighted by Crippen LogP contribution is -2.09. The van der Waals surface area contributed by atoms with Gasteiger partial charge in [0.2, 0.25) is 0 Å². The molecule has 0 spiro atoms. The number of nitrogens with zero attached hydrogens (tertiary/aromatic N) is 2. The molecule has 2 aromatic heterocycles. The minimum Gasteiger partial charge on any atom is -0.473 e. The van der Waals surface area contributed by atoms with E-state index < -0.39 is 23.9 Å². The topological polar surface area (TPSA) is 175 Å². The largest absolute Gasteiger partial charge is 0.473 e. The van der Waals surface area contributed by atoms with Crippen molar-refractivity contribution in [1.82, 2.24) is 9.97 Å². The molecule has 174 valence electrons. The Kier molecular flexibility index (Phi) is 16.8. The van der Waals surface area contributed by atoms with Gasteiger partial charge in [0.25, 0.3) is 0 Å². The van der Waals surface area contributed by atoms with Crippen molar-refractivity contribution in [3.8, 4) is 0 Å². The number of aliphatic carboxylic acids is 4. The number of rotatable bonds is 9. The molecular weight excluding hydrogens is 460 g/mol. The van der Waals surface area contributed by atoms with E-state index in [4.69, 9.17) is 39.6 Å². The lowest BCUT2D eigenvalue weighted by molar-refractivity contribution is -0.159. The number of carboxylic acid groups (broad SMARTS) is 4. The molecule has 0 amide bonds. The van der Waals surface area contributed by atoms with E-state index in [1.54, 1.807) is 0 Å². The molecule has 0 saturated carbocycles. The van der Waals surface area contributed by atoms with Gasteiger partial charge in [-0.15, -0.1) is 0 Å². The summed E-state index contributed by atoms with van der Waals surface area (Å²) in [7, 11) is 0. The van der Waals surface area contributed by atoms with Crippen LogP contribution in [0.2, 0.25) is 0 Å². The van der Waals surface area contributed by atoms with Crippen LogP contribution in [0, 0.1) is 0 Å². The molecule has 0 fully saturated rings. The molecule has 0 radical (unpaired) electrons. The smallest absolute Gasteiger partial charge is 0.414 e. The zero-order valence-electron chi connectivity index (χ0n) is 17.0. The van der Waals surface area contributed by atoms with Crippen LogP contribution in [0.5, 0.6) is 0 Å². The van der Waals surface area contributed by atoms with E-state index in [1.165, 1.54) is 34.1 Å². The van der Waals surface area contributed by atoms with Crippen molar-refractivity contribution in [2.24, 2.45) is 0 Å². The van der Waals surface area contributed by atoms with Crippen LogP contribution in [0.1, 0.15) is 11.1 Å². The zero-order valence-corrected chi connectivity index (χ0v) is 18.6. The molecule has 0 unspecified atom stereocenters. The Labute approximate surface area is 193 Å². The number of hydrogen-bond donors (Lipinski definition) is 4. The van der Waals surface area contributed by atoms with Crippen LogP contribution in [0.25, 0.3) is 0 Å². The van der Waals surface area contributed by atoms with Gasteiger partial charge >= 0.3 is 23.9 Å². The third kappa shape index (κ3) is 17.7. The predicted molar refractivity (Wildman–Crippen MR) is 121 cm³/mol. The number of aryl methyl sites for hydroxylation is 2. The lowest BCUT2D eigenvalue weighted by Gasteiger charge is -2.03. The van der Waals surface area contributed by atoms with Crippen LogP contribution < -0.4 is 0 Å². The van der Waals surface area contributed by atoms with Crippen molar-refractivity contribution in [2.75, 3.05) is 23.0 Å². The molecule has 10 nitrogen and oxygen atoms in total. The second-order valence-electron chi connectivity index (χ2n) is 5.66. The highest BCUT2D eigenvalue weighted by Gasteiger charge is 2.04. The van der Waals surface area contributed by atoms with Crippen LogP contribution in [0.3, 0.4) is 0 Å². The van der Waals surface area contributed by atoms with Crippen molar-refractivity contribution in [3.63, 3.8) is 0 Å². The molecule has 32 heavy (non-hydrogen) atoms. The van der Waals surface area contributed by atoms with Gasteiger partial charge in [-0.1, -0.05) is 0 Å². The molecule has 2 heterocycles. The summed E-state index contributed by atoms with van der Waals surface area (Å²) in [6.45, 7) is 0. The minimum absolute atomic E-state index is 1.15. The summed E-state index contributed by atoms with van der Waals surface area (Å²) < 4.78 is 0. The average molecular weight is 485 g/mol. The van der Waals surface area contributed by atoms with Crippen LogP contribution in [-0.4, -0.2) is 77.3 Å². The van der Waals surface area contributed by atoms with E-state index in [9.17, 15) is 0 Å². The second-order valence-corrected chi connectivity index (χ2v) is 8.11. The predicted octanol–water partition coefficient (Wildman–Crippen LogP) is 2.04. The summed E-state index contributed by atoms with van der Waals surface area (Å²) in [5.74, 6) is -2.41. The van der Waals surface area contributed by atoms with E-state index in [2.05, 4.69) is 34.2 Å². The highest BCUT2D eigenvalue weighted by atomic mass is 32.2. The summed E-state index contributed by atoms with van der Waals surface area (Å²) in [5.41, 5.74) is 2.77. The molecule has 0 aliphatic heterocycles. The number of carboxylic acids is 4. The molecule has 0 aliphatic rings. The molecule has 0 saturated heterocycles. The summed E-state index contributed by atoms with van der Waals surface area (Å²) >= 11 is 4.09. The van der Waals surface area contributed by atoms with Crippen LogP contribution in [0.15, 0.2) is 49.1 Å². The molecule has 4 N–H and O–H groups in total. The molecule has 0 aliphatic carbocycles. The van der Waals surface area contributed by atoms with Gasteiger partial charge in [-0.2, -0.15) is 23.5 Å². The highest BCUT2D eigenvalue weighted by Crippen LogP contribution is 2.11. The SMILES string of the molecule is O=C(O)C(=O)O.O=C(O)C(=O)O.c1cc(CCSCCSCCc2ccncc2)ccn1. The number of carbonyl (C=O) groups is 4. The van der Waals surface area contributed by atoms with Gasteiger partial charge < -0.3 is 20.4 Å². The third-order valence-electron chi connectivity index (χ3n) is 3.31. The minimum atomic E-state index is -1.82. The Bertz CT molecular complexity index is 729. The van der Waals surface area contributed by atoms with E-state index in [1.807, 2.05) is 48.3 Å². The first-order chi connectivity index (χ1) is 15.2. The first-order valence-corrected chi connectivity index (χ1v) is 11.4. The third-order valence-corrected chi connectivity index (χ3v) is 5.54. The van der Waals surface area contributed by atoms with Gasteiger partial charge in [-0.3, -0.25) is 9.97 Å². The van der Waals surface area contributed by atoms with Gasteiger partial charge in [0, 0.05) is 36.3 Å². The van der Waals surface area contributed by atoms with Crippen molar-refractivity contribution in [2.45, 2.75) is 12.8 Å². The van der Waals surface area contributed by atoms with Crippen LogP contribution in [0.4, 0.5) is 0 Å². The maximum atomic E-state index is 9.10. The summed E-state index contributed by atoms with van der Waals surface area (Å²) in [5, 5.41) is 29.6. The molecule has 0 atom stereocenters.